The number of aromatic nitrogens is 2. The van der Waals surface area contributed by atoms with Crippen LogP contribution in [0.5, 0.6) is 0 Å². The molecule has 0 aromatic carbocycles. The summed E-state index contributed by atoms with van der Waals surface area (Å²) in [6.45, 7) is 1.54. The number of carbonyl (C=O) groups excluding carboxylic acids is 1. The summed E-state index contributed by atoms with van der Waals surface area (Å²) >= 11 is 0. The molecule has 116 valence electrons. The summed E-state index contributed by atoms with van der Waals surface area (Å²) in [6, 6.07) is 0.274. The minimum Gasteiger partial charge on any atom is -0.383 e. The van der Waals surface area contributed by atoms with Crippen LogP contribution >= 0.6 is 0 Å². The number of aromatic amines is 1. The predicted octanol–water partition coefficient (Wildman–Crippen LogP) is 1.86. The number of fused-ring (bicyclic) bond motifs is 1. The lowest BCUT2D eigenvalue weighted by molar-refractivity contribution is -0.132. The maximum absolute atomic E-state index is 12.4. The second kappa shape index (κ2) is 6.60. The van der Waals surface area contributed by atoms with Gasteiger partial charge in [0.05, 0.1) is 18.3 Å². The molecule has 0 spiro atoms. The number of amides is 1. The molecule has 1 aromatic rings. The van der Waals surface area contributed by atoms with Gasteiger partial charge >= 0.3 is 0 Å². The Kier molecular flexibility index (Phi) is 4.58. The van der Waals surface area contributed by atoms with Crippen LogP contribution in [0.3, 0.4) is 0 Å². The summed E-state index contributed by atoms with van der Waals surface area (Å²) in [5.41, 5.74) is 3.78. The van der Waals surface area contributed by atoms with Gasteiger partial charge in [0.15, 0.2) is 0 Å². The number of rotatable bonds is 5. The van der Waals surface area contributed by atoms with E-state index in [4.69, 9.17) is 4.74 Å². The number of ether oxygens (including phenoxy) is 1. The summed E-state index contributed by atoms with van der Waals surface area (Å²) in [4.78, 5) is 14.4. The normalized spacial score (nSPS) is 21.6. The van der Waals surface area contributed by atoms with E-state index < -0.39 is 0 Å². The van der Waals surface area contributed by atoms with E-state index in [-0.39, 0.29) is 11.9 Å². The quantitative estimate of drug-likeness (QED) is 0.901. The zero-order valence-electron chi connectivity index (χ0n) is 12.9. The lowest BCUT2D eigenvalue weighted by Gasteiger charge is -2.24. The third-order valence-corrected chi connectivity index (χ3v) is 4.77. The fraction of sp³-hybridized carbons (Fsp3) is 0.750. The molecule has 1 aliphatic heterocycles. The molecular formula is C16H25N3O2. The van der Waals surface area contributed by atoms with E-state index in [9.17, 15) is 4.79 Å². The number of hydrogen-bond acceptors (Lipinski definition) is 3. The number of likely N-dealkylation sites (tertiary alicyclic amines) is 1. The second-order valence-corrected chi connectivity index (χ2v) is 6.17. The van der Waals surface area contributed by atoms with Gasteiger partial charge in [-0.05, 0) is 44.1 Å². The summed E-state index contributed by atoms with van der Waals surface area (Å²) < 4.78 is 5.22. The fourth-order valence-electron chi connectivity index (χ4n) is 3.66. The van der Waals surface area contributed by atoms with Gasteiger partial charge in [0.2, 0.25) is 5.91 Å². The van der Waals surface area contributed by atoms with Gasteiger partial charge < -0.3 is 9.64 Å². The van der Waals surface area contributed by atoms with Crippen LogP contribution in [-0.2, 0) is 28.8 Å². The van der Waals surface area contributed by atoms with E-state index in [2.05, 4.69) is 10.2 Å². The first-order valence-electron chi connectivity index (χ1n) is 8.13. The Morgan fingerprint density at radius 3 is 3.10 bits per heavy atom. The molecule has 1 atom stereocenters. The third kappa shape index (κ3) is 3.12. The highest BCUT2D eigenvalue weighted by atomic mass is 16.5. The van der Waals surface area contributed by atoms with E-state index in [1.165, 1.54) is 24.1 Å². The van der Waals surface area contributed by atoms with E-state index >= 15 is 0 Å². The summed E-state index contributed by atoms with van der Waals surface area (Å²) in [5.74, 6) is 0.252. The molecule has 2 heterocycles. The molecule has 21 heavy (non-hydrogen) atoms. The van der Waals surface area contributed by atoms with Gasteiger partial charge in [0, 0.05) is 32.2 Å². The Balaban J connectivity index is 1.57. The van der Waals surface area contributed by atoms with Gasteiger partial charge in [-0.3, -0.25) is 9.89 Å². The van der Waals surface area contributed by atoms with E-state index in [1.807, 2.05) is 4.90 Å². The van der Waals surface area contributed by atoms with Crippen molar-refractivity contribution in [1.82, 2.24) is 15.1 Å². The molecule has 2 aliphatic rings. The number of nitrogens with zero attached hydrogens (tertiary/aromatic N) is 2. The Morgan fingerprint density at radius 1 is 1.38 bits per heavy atom. The van der Waals surface area contributed by atoms with Gasteiger partial charge in [-0.15, -0.1) is 0 Å². The molecule has 5 heteroatoms. The molecule has 1 fully saturated rings. The van der Waals surface area contributed by atoms with Crippen molar-refractivity contribution in [3.8, 4) is 0 Å². The summed E-state index contributed by atoms with van der Waals surface area (Å²) in [6.07, 6.45) is 8.21. The number of H-pyrrole nitrogens is 1. The maximum Gasteiger partial charge on any atom is 0.223 e. The predicted molar refractivity (Wildman–Crippen MR) is 80.2 cm³/mol. The van der Waals surface area contributed by atoms with Gasteiger partial charge in [-0.2, -0.15) is 5.10 Å². The van der Waals surface area contributed by atoms with Crippen LogP contribution in [0.25, 0.3) is 0 Å². The van der Waals surface area contributed by atoms with Crippen molar-refractivity contribution in [2.24, 2.45) is 0 Å². The van der Waals surface area contributed by atoms with Crippen molar-refractivity contribution in [3.63, 3.8) is 0 Å². The van der Waals surface area contributed by atoms with Crippen LogP contribution in [0.2, 0.25) is 0 Å². The zero-order valence-corrected chi connectivity index (χ0v) is 12.9. The molecule has 1 saturated heterocycles. The Bertz CT molecular complexity index is 498. The maximum atomic E-state index is 12.4. The number of methoxy groups -OCH3 is 1. The summed E-state index contributed by atoms with van der Waals surface area (Å²) in [5, 5.41) is 7.58. The van der Waals surface area contributed by atoms with Crippen molar-refractivity contribution >= 4 is 5.91 Å². The average Bonchev–Trinajstić information content (AvgIpc) is 3.12. The van der Waals surface area contributed by atoms with Crippen molar-refractivity contribution in [2.45, 2.75) is 57.4 Å². The molecule has 0 radical (unpaired) electrons. The minimum absolute atomic E-state index is 0.252. The van der Waals surface area contributed by atoms with Gasteiger partial charge in [0.1, 0.15) is 0 Å². The molecular weight excluding hydrogens is 266 g/mol. The Labute approximate surface area is 126 Å². The molecule has 0 unspecified atom stereocenters. The lowest BCUT2D eigenvalue weighted by atomic mass is 9.94. The van der Waals surface area contributed by atoms with Crippen molar-refractivity contribution < 1.29 is 9.53 Å². The van der Waals surface area contributed by atoms with E-state index in [1.54, 1.807) is 7.11 Å². The number of nitrogens with one attached hydrogen (secondary N) is 1. The SMILES string of the molecule is COC[C@H]1CCCN1C(=O)CCc1n[nH]c2c1CCCC2. The highest BCUT2D eigenvalue weighted by Crippen LogP contribution is 2.24. The van der Waals surface area contributed by atoms with Crippen molar-refractivity contribution in [2.75, 3.05) is 20.3 Å². The number of hydrogen-bond donors (Lipinski definition) is 1. The van der Waals surface area contributed by atoms with Crippen LogP contribution in [0.15, 0.2) is 0 Å². The van der Waals surface area contributed by atoms with Crippen LogP contribution in [0.4, 0.5) is 0 Å². The fourth-order valence-corrected chi connectivity index (χ4v) is 3.66. The Hall–Kier alpha value is -1.36. The molecule has 1 aliphatic carbocycles. The first-order valence-corrected chi connectivity index (χ1v) is 8.13. The first kappa shape index (κ1) is 14.6. The third-order valence-electron chi connectivity index (χ3n) is 4.77. The molecule has 0 bridgehead atoms. The highest BCUT2D eigenvalue weighted by molar-refractivity contribution is 5.77. The van der Waals surface area contributed by atoms with Crippen molar-refractivity contribution in [1.29, 1.82) is 0 Å². The smallest absolute Gasteiger partial charge is 0.223 e. The summed E-state index contributed by atoms with van der Waals surface area (Å²) in [7, 11) is 1.71. The van der Waals surface area contributed by atoms with Gasteiger partial charge in [-0.1, -0.05) is 0 Å². The first-order chi connectivity index (χ1) is 10.3. The monoisotopic (exact) mass is 291 g/mol. The van der Waals surface area contributed by atoms with Gasteiger partial charge in [-0.25, -0.2) is 0 Å². The van der Waals surface area contributed by atoms with Crippen LogP contribution < -0.4 is 0 Å². The van der Waals surface area contributed by atoms with Crippen LogP contribution in [-0.4, -0.2) is 47.3 Å². The standard InChI is InChI=1S/C16H25N3O2/c1-21-11-12-5-4-10-19(12)16(20)9-8-15-13-6-2-3-7-14(13)17-18-15/h12H,2-11H2,1H3,(H,17,18)/t12-/m1/s1. The van der Waals surface area contributed by atoms with Crippen LogP contribution in [0.1, 0.15) is 49.1 Å². The molecule has 1 N–H and O–H groups in total. The topological polar surface area (TPSA) is 58.2 Å². The largest absolute Gasteiger partial charge is 0.383 e. The Morgan fingerprint density at radius 2 is 2.24 bits per heavy atom. The zero-order chi connectivity index (χ0) is 14.7. The molecule has 1 aromatic heterocycles. The van der Waals surface area contributed by atoms with Crippen LogP contribution in [0, 0.1) is 0 Å². The number of aryl methyl sites for hydroxylation is 2. The van der Waals surface area contributed by atoms with E-state index in [0.717, 1.165) is 44.3 Å². The molecule has 1 amide bonds. The highest BCUT2D eigenvalue weighted by Gasteiger charge is 2.28. The lowest BCUT2D eigenvalue weighted by Crippen LogP contribution is -2.38. The molecule has 5 nitrogen and oxygen atoms in total. The number of carbonyl (C=O) groups is 1. The second-order valence-electron chi connectivity index (χ2n) is 6.17. The van der Waals surface area contributed by atoms with E-state index in [0.29, 0.717) is 13.0 Å². The van der Waals surface area contributed by atoms with Gasteiger partial charge in [0.25, 0.3) is 0 Å². The molecule has 0 saturated carbocycles. The average molecular weight is 291 g/mol. The van der Waals surface area contributed by atoms with Crippen molar-refractivity contribution in [3.05, 3.63) is 17.0 Å². The molecule has 3 rings (SSSR count). The minimum atomic E-state index is 0.252.